The number of fused-ring (bicyclic) bond motifs is 1. The fourth-order valence-corrected chi connectivity index (χ4v) is 2.51. The number of aromatic nitrogens is 1. The fraction of sp³-hybridized carbons (Fsp3) is 0.167. The Morgan fingerprint density at radius 2 is 2.29 bits per heavy atom. The Labute approximate surface area is 103 Å². The van der Waals surface area contributed by atoms with Gasteiger partial charge in [-0.15, -0.1) is 11.3 Å². The second-order valence-electron chi connectivity index (χ2n) is 3.82. The van der Waals surface area contributed by atoms with Crippen LogP contribution < -0.4 is 10.6 Å². The van der Waals surface area contributed by atoms with Gasteiger partial charge in [-0.25, -0.2) is 4.98 Å². The minimum Gasteiger partial charge on any atom is -0.324 e. The van der Waals surface area contributed by atoms with E-state index in [2.05, 4.69) is 15.6 Å². The first-order valence-electron chi connectivity index (χ1n) is 5.36. The summed E-state index contributed by atoms with van der Waals surface area (Å²) in [5.41, 5.74) is 1.91. The molecule has 1 unspecified atom stereocenters. The molecule has 1 aromatic carbocycles. The number of carbonyl (C=O) groups is 1. The third-order valence-electron chi connectivity index (χ3n) is 2.73. The topological polar surface area (TPSA) is 54.0 Å². The average molecular weight is 245 g/mol. The number of benzene rings is 1. The van der Waals surface area contributed by atoms with Gasteiger partial charge in [0, 0.05) is 29.4 Å². The molecule has 2 N–H and O–H groups in total. The van der Waals surface area contributed by atoms with Crippen molar-refractivity contribution in [2.75, 3.05) is 5.32 Å². The molecule has 1 aliphatic rings. The third kappa shape index (κ3) is 1.94. The molecule has 2 aromatic rings. The van der Waals surface area contributed by atoms with E-state index in [0.29, 0.717) is 6.54 Å². The van der Waals surface area contributed by atoms with Crippen LogP contribution in [-0.4, -0.2) is 10.9 Å². The summed E-state index contributed by atoms with van der Waals surface area (Å²) in [4.78, 5) is 16.0. The van der Waals surface area contributed by atoms with Gasteiger partial charge in [0.05, 0.1) is 0 Å². The van der Waals surface area contributed by atoms with E-state index in [-0.39, 0.29) is 11.9 Å². The normalized spacial score (nSPS) is 17.9. The van der Waals surface area contributed by atoms with Crippen molar-refractivity contribution in [2.45, 2.75) is 12.6 Å². The van der Waals surface area contributed by atoms with Crippen LogP contribution in [0.2, 0.25) is 0 Å². The molecule has 0 saturated heterocycles. The summed E-state index contributed by atoms with van der Waals surface area (Å²) in [5.74, 6) is 0.00255. The quantitative estimate of drug-likeness (QED) is 0.868. The van der Waals surface area contributed by atoms with E-state index in [4.69, 9.17) is 0 Å². The number of hydrogen-bond acceptors (Lipinski definition) is 4. The minimum atomic E-state index is -0.268. The highest BCUT2D eigenvalue weighted by molar-refractivity contribution is 7.09. The number of rotatable bonds is 3. The molecule has 2 heterocycles. The predicted octanol–water partition coefficient (Wildman–Crippen LogP) is 1.93. The van der Waals surface area contributed by atoms with Crippen molar-refractivity contribution < 1.29 is 4.79 Å². The molecule has 3 rings (SSSR count). The van der Waals surface area contributed by atoms with Gasteiger partial charge in [-0.1, -0.05) is 18.2 Å². The summed E-state index contributed by atoms with van der Waals surface area (Å²) in [6.07, 6.45) is 1.77. The second kappa shape index (κ2) is 4.27. The zero-order valence-corrected chi connectivity index (χ0v) is 9.83. The summed E-state index contributed by atoms with van der Waals surface area (Å²) in [5, 5.41) is 9.00. The maximum atomic E-state index is 11.8. The number of para-hydroxylation sites is 1. The summed E-state index contributed by atoms with van der Waals surface area (Å²) < 4.78 is 0. The van der Waals surface area contributed by atoms with Gasteiger partial charge in [0.25, 0.3) is 0 Å². The van der Waals surface area contributed by atoms with Crippen LogP contribution in [0.1, 0.15) is 16.6 Å². The number of anilines is 1. The Morgan fingerprint density at radius 3 is 3.12 bits per heavy atom. The number of thiazole rings is 1. The lowest BCUT2D eigenvalue weighted by atomic mass is 10.1. The second-order valence-corrected chi connectivity index (χ2v) is 4.80. The number of carbonyl (C=O) groups excluding carboxylic acids is 1. The Hall–Kier alpha value is -1.72. The molecule has 1 aromatic heterocycles. The molecule has 0 spiro atoms. The monoisotopic (exact) mass is 245 g/mol. The van der Waals surface area contributed by atoms with Crippen LogP contribution in [-0.2, 0) is 11.3 Å². The molecule has 86 valence electrons. The summed E-state index contributed by atoms with van der Waals surface area (Å²) in [6, 6.07) is 7.47. The molecule has 0 fully saturated rings. The molecular weight excluding hydrogens is 234 g/mol. The van der Waals surface area contributed by atoms with Crippen molar-refractivity contribution in [3.05, 3.63) is 46.4 Å². The first kappa shape index (κ1) is 10.4. The zero-order chi connectivity index (χ0) is 11.7. The largest absolute Gasteiger partial charge is 0.324 e. The van der Waals surface area contributed by atoms with Crippen molar-refractivity contribution in [1.82, 2.24) is 10.3 Å². The van der Waals surface area contributed by atoms with Crippen LogP contribution in [0.5, 0.6) is 0 Å². The van der Waals surface area contributed by atoms with Crippen molar-refractivity contribution in [3.63, 3.8) is 0 Å². The Balaban J connectivity index is 1.77. The van der Waals surface area contributed by atoms with Crippen LogP contribution in [0.15, 0.2) is 35.8 Å². The first-order chi connectivity index (χ1) is 8.34. The molecule has 0 saturated carbocycles. The fourth-order valence-electron chi connectivity index (χ4n) is 1.94. The van der Waals surface area contributed by atoms with E-state index in [1.54, 1.807) is 17.5 Å². The molecule has 0 bridgehead atoms. The molecule has 1 atom stereocenters. The number of nitrogens with one attached hydrogen (secondary N) is 2. The van der Waals surface area contributed by atoms with Crippen molar-refractivity contribution in [2.24, 2.45) is 0 Å². The van der Waals surface area contributed by atoms with E-state index in [9.17, 15) is 4.79 Å². The van der Waals surface area contributed by atoms with Crippen molar-refractivity contribution in [3.8, 4) is 0 Å². The molecule has 5 heteroatoms. The SMILES string of the molecule is O=C1Nc2ccccc2C1NCc1nccs1. The summed E-state index contributed by atoms with van der Waals surface area (Å²) >= 11 is 1.58. The van der Waals surface area contributed by atoms with Gasteiger partial charge in [-0.2, -0.15) is 0 Å². The number of nitrogens with zero attached hydrogens (tertiary/aromatic N) is 1. The standard InChI is InChI=1S/C12H11N3OS/c16-12-11(14-7-10-13-5-6-17-10)8-3-1-2-4-9(8)15-12/h1-6,11,14H,7H2,(H,15,16). The minimum absolute atomic E-state index is 0.00255. The van der Waals surface area contributed by atoms with E-state index < -0.39 is 0 Å². The highest BCUT2D eigenvalue weighted by atomic mass is 32.1. The van der Waals surface area contributed by atoms with Crippen molar-refractivity contribution >= 4 is 22.9 Å². The molecule has 17 heavy (non-hydrogen) atoms. The number of hydrogen-bond donors (Lipinski definition) is 2. The van der Waals surface area contributed by atoms with Gasteiger partial charge in [0.2, 0.25) is 5.91 Å². The lowest BCUT2D eigenvalue weighted by molar-refractivity contribution is -0.117. The Bertz CT molecular complexity index is 538. The van der Waals surface area contributed by atoms with Crippen LogP contribution in [0.3, 0.4) is 0 Å². The van der Waals surface area contributed by atoms with Crippen LogP contribution in [0.25, 0.3) is 0 Å². The van der Waals surface area contributed by atoms with Gasteiger partial charge in [0.1, 0.15) is 11.0 Å². The highest BCUT2D eigenvalue weighted by Gasteiger charge is 2.29. The molecule has 1 aliphatic heterocycles. The Kier molecular flexibility index (Phi) is 2.62. The summed E-state index contributed by atoms with van der Waals surface area (Å²) in [7, 11) is 0. The van der Waals surface area contributed by atoms with E-state index in [0.717, 1.165) is 16.3 Å². The lowest BCUT2D eigenvalue weighted by Crippen LogP contribution is -2.27. The van der Waals surface area contributed by atoms with Crippen LogP contribution in [0, 0.1) is 0 Å². The van der Waals surface area contributed by atoms with Gasteiger partial charge in [0.15, 0.2) is 0 Å². The third-order valence-corrected chi connectivity index (χ3v) is 3.51. The highest BCUT2D eigenvalue weighted by Crippen LogP contribution is 2.30. The molecular formula is C12H11N3OS. The summed E-state index contributed by atoms with van der Waals surface area (Å²) in [6.45, 7) is 0.615. The van der Waals surface area contributed by atoms with Crippen LogP contribution in [0.4, 0.5) is 5.69 Å². The molecule has 4 nitrogen and oxygen atoms in total. The Morgan fingerprint density at radius 1 is 1.41 bits per heavy atom. The maximum Gasteiger partial charge on any atom is 0.246 e. The lowest BCUT2D eigenvalue weighted by Gasteiger charge is -2.09. The van der Waals surface area contributed by atoms with Gasteiger partial charge >= 0.3 is 0 Å². The average Bonchev–Trinajstić information content (AvgIpc) is 2.93. The van der Waals surface area contributed by atoms with Gasteiger partial charge < -0.3 is 5.32 Å². The first-order valence-corrected chi connectivity index (χ1v) is 6.24. The predicted molar refractivity (Wildman–Crippen MR) is 66.8 cm³/mol. The zero-order valence-electron chi connectivity index (χ0n) is 9.01. The van der Waals surface area contributed by atoms with Gasteiger partial charge in [-0.05, 0) is 6.07 Å². The van der Waals surface area contributed by atoms with Gasteiger partial charge in [-0.3, -0.25) is 10.1 Å². The van der Waals surface area contributed by atoms with E-state index in [1.807, 2.05) is 29.6 Å². The van der Waals surface area contributed by atoms with E-state index in [1.165, 1.54) is 0 Å². The maximum absolute atomic E-state index is 11.8. The molecule has 0 radical (unpaired) electrons. The number of amides is 1. The smallest absolute Gasteiger partial charge is 0.246 e. The van der Waals surface area contributed by atoms with Crippen molar-refractivity contribution in [1.29, 1.82) is 0 Å². The van der Waals surface area contributed by atoms with Crippen LogP contribution >= 0.6 is 11.3 Å². The molecule has 1 amide bonds. The molecule has 0 aliphatic carbocycles. The van der Waals surface area contributed by atoms with E-state index >= 15 is 0 Å².